The molecule has 0 saturated heterocycles. The number of carbonyl (C=O) groups is 2. The number of ketones is 1. The van der Waals surface area contributed by atoms with E-state index in [1.807, 2.05) is 6.92 Å². The van der Waals surface area contributed by atoms with Gasteiger partial charge in [-0.2, -0.15) is 0 Å². The van der Waals surface area contributed by atoms with Gasteiger partial charge in [0, 0.05) is 25.4 Å². The number of Topliss-reactive ketones (excluding diaryl/α,β-unsaturated/α-hetero) is 1. The van der Waals surface area contributed by atoms with Crippen LogP contribution in [-0.2, 0) is 22.9 Å². The van der Waals surface area contributed by atoms with Gasteiger partial charge in [-0.05, 0) is 34.1 Å². The first-order chi connectivity index (χ1) is 9.40. The van der Waals surface area contributed by atoms with Crippen molar-refractivity contribution in [2.45, 2.75) is 46.6 Å². The summed E-state index contributed by atoms with van der Waals surface area (Å²) in [6, 6.07) is 0. The monoisotopic (exact) mass is 306 g/mol. The molecule has 0 aromatic rings. The van der Waals surface area contributed by atoms with E-state index in [0.717, 1.165) is 0 Å². The lowest BCUT2D eigenvalue weighted by molar-refractivity contribution is -0.147. The number of hydrogen-bond donors (Lipinski definition) is 1. The molecule has 1 N–H and O–H groups in total. The largest absolute Gasteiger partial charge is 0.505 e. The number of rotatable bonds is 11. The van der Waals surface area contributed by atoms with E-state index in [0.29, 0.717) is 26.2 Å². The number of carboxylic acid groups (broad SMARTS) is 1. The van der Waals surface area contributed by atoms with Crippen molar-refractivity contribution in [2.75, 3.05) is 19.8 Å². The quantitative estimate of drug-likeness (QED) is 0.465. The molecule has 118 valence electrons. The Bertz CT molecular complexity index is 289. The fraction of sp³-hybridized carbons (Fsp3) is 0.846. The van der Waals surface area contributed by atoms with E-state index in [-0.39, 0.29) is 0 Å². The van der Waals surface area contributed by atoms with Gasteiger partial charge in [-0.15, -0.1) is 0 Å². The van der Waals surface area contributed by atoms with Crippen molar-refractivity contribution < 1.29 is 28.0 Å². The first-order valence-corrected chi connectivity index (χ1v) is 8.85. The average Bonchev–Trinajstić information content (AvgIpc) is 2.35. The highest BCUT2D eigenvalue weighted by molar-refractivity contribution is 6.63. The van der Waals surface area contributed by atoms with E-state index in [9.17, 15) is 14.7 Å². The van der Waals surface area contributed by atoms with Crippen molar-refractivity contribution in [1.82, 2.24) is 0 Å². The summed E-state index contributed by atoms with van der Waals surface area (Å²) in [7, 11) is -3.22. The van der Waals surface area contributed by atoms with Gasteiger partial charge in [0.25, 0.3) is 0 Å². The molecular formula is C13H26O6Si. The van der Waals surface area contributed by atoms with Crippen molar-refractivity contribution in [3.8, 4) is 0 Å². The van der Waals surface area contributed by atoms with Gasteiger partial charge in [-0.1, -0.05) is 6.92 Å². The van der Waals surface area contributed by atoms with Gasteiger partial charge in [0.15, 0.2) is 0 Å². The Morgan fingerprint density at radius 1 is 1.00 bits per heavy atom. The Labute approximate surface area is 121 Å². The minimum atomic E-state index is -3.22. The maximum absolute atomic E-state index is 11.7. The Morgan fingerprint density at radius 2 is 1.40 bits per heavy atom. The van der Waals surface area contributed by atoms with Crippen LogP contribution in [0.4, 0.5) is 0 Å². The molecule has 6 nitrogen and oxygen atoms in total. The third-order valence-electron chi connectivity index (χ3n) is 3.04. The van der Waals surface area contributed by atoms with E-state index < -0.39 is 32.0 Å². The van der Waals surface area contributed by atoms with E-state index >= 15 is 0 Å². The summed E-state index contributed by atoms with van der Waals surface area (Å²) >= 11 is 0. The molecule has 0 aromatic heterocycles. The predicted octanol–water partition coefficient (Wildman–Crippen LogP) is 2.10. The fourth-order valence-corrected chi connectivity index (χ4v) is 5.75. The standard InChI is InChI=1S/C13H26O6Si/c1-6-11(12(10(5)14)13(15)16)20(17-7-2,18-8-3)19-9-4/h11-12H,6-9H2,1-5H3,(H,15,16). The molecule has 0 radical (unpaired) electrons. The van der Waals surface area contributed by atoms with Crippen LogP contribution in [0.15, 0.2) is 0 Å². The van der Waals surface area contributed by atoms with Gasteiger partial charge < -0.3 is 18.4 Å². The minimum Gasteiger partial charge on any atom is -0.481 e. The first-order valence-electron chi connectivity index (χ1n) is 7.05. The molecule has 7 heteroatoms. The molecule has 0 aliphatic carbocycles. The Hall–Kier alpha value is -0.763. The third kappa shape index (κ3) is 4.66. The van der Waals surface area contributed by atoms with Gasteiger partial charge >= 0.3 is 14.8 Å². The summed E-state index contributed by atoms with van der Waals surface area (Å²) in [6.45, 7) is 9.57. The average molecular weight is 306 g/mol. The third-order valence-corrected chi connectivity index (χ3v) is 6.76. The lowest BCUT2D eigenvalue weighted by atomic mass is 9.99. The highest BCUT2D eigenvalue weighted by Crippen LogP contribution is 2.36. The van der Waals surface area contributed by atoms with Crippen molar-refractivity contribution in [3.05, 3.63) is 0 Å². The zero-order valence-corrected chi connectivity index (χ0v) is 14.0. The molecule has 0 heterocycles. The number of carboxylic acids is 1. The SMILES string of the molecule is CCO[Si](OCC)(OCC)C(CC)C(C(C)=O)C(=O)O. The zero-order chi connectivity index (χ0) is 15.8. The molecule has 0 aromatic carbocycles. The van der Waals surface area contributed by atoms with Crippen LogP contribution in [0.25, 0.3) is 0 Å². The Kier molecular flexibility index (Phi) is 8.87. The Balaban J connectivity index is 5.64. The molecule has 2 unspecified atom stereocenters. The molecule has 0 spiro atoms. The molecule has 0 aliphatic rings. The minimum absolute atomic E-state index is 0.354. The zero-order valence-electron chi connectivity index (χ0n) is 13.0. The van der Waals surface area contributed by atoms with Crippen LogP contribution in [0.2, 0.25) is 5.54 Å². The normalized spacial score (nSPS) is 14.8. The smallest absolute Gasteiger partial charge is 0.481 e. The molecule has 0 amide bonds. The number of aliphatic carboxylic acids is 1. The van der Waals surface area contributed by atoms with Crippen LogP contribution in [-0.4, -0.2) is 45.5 Å². The first kappa shape index (κ1) is 19.2. The van der Waals surface area contributed by atoms with Crippen molar-refractivity contribution >= 4 is 20.6 Å². The van der Waals surface area contributed by atoms with Crippen LogP contribution in [0, 0.1) is 5.92 Å². The Morgan fingerprint density at radius 3 is 1.60 bits per heavy atom. The van der Waals surface area contributed by atoms with Gasteiger partial charge in [-0.25, -0.2) is 0 Å². The van der Waals surface area contributed by atoms with Gasteiger partial charge in [0.05, 0.1) is 0 Å². The van der Waals surface area contributed by atoms with Crippen molar-refractivity contribution in [3.63, 3.8) is 0 Å². The second kappa shape index (κ2) is 9.22. The predicted molar refractivity (Wildman–Crippen MR) is 76.5 cm³/mol. The molecule has 0 bridgehead atoms. The van der Waals surface area contributed by atoms with Gasteiger partial charge in [0.2, 0.25) is 0 Å². The van der Waals surface area contributed by atoms with Gasteiger partial charge in [-0.3, -0.25) is 9.59 Å². The second-order valence-corrected chi connectivity index (χ2v) is 7.16. The molecule has 20 heavy (non-hydrogen) atoms. The summed E-state index contributed by atoms with van der Waals surface area (Å²) in [5.74, 6) is -2.71. The molecular weight excluding hydrogens is 280 g/mol. The van der Waals surface area contributed by atoms with Crippen LogP contribution < -0.4 is 0 Å². The van der Waals surface area contributed by atoms with Crippen LogP contribution in [0.1, 0.15) is 41.0 Å². The molecule has 0 aliphatic heterocycles. The van der Waals surface area contributed by atoms with E-state index in [1.165, 1.54) is 6.92 Å². The summed E-state index contributed by atoms with van der Waals surface area (Å²) in [5, 5.41) is 9.35. The van der Waals surface area contributed by atoms with Crippen LogP contribution >= 0.6 is 0 Å². The maximum Gasteiger partial charge on any atom is 0.505 e. The summed E-state index contributed by atoms with van der Waals surface area (Å²) < 4.78 is 17.2. The number of hydrogen-bond acceptors (Lipinski definition) is 5. The highest BCUT2D eigenvalue weighted by Gasteiger charge is 2.54. The molecule has 0 fully saturated rings. The summed E-state index contributed by atoms with van der Waals surface area (Å²) in [4.78, 5) is 23.2. The highest BCUT2D eigenvalue weighted by atomic mass is 28.4. The molecule has 0 rings (SSSR count). The fourth-order valence-electron chi connectivity index (χ4n) is 2.37. The molecule has 2 atom stereocenters. The summed E-state index contributed by atoms with van der Waals surface area (Å²) in [5.41, 5.74) is -0.572. The topological polar surface area (TPSA) is 82.1 Å². The second-order valence-electron chi connectivity index (χ2n) is 4.34. The van der Waals surface area contributed by atoms with Gasteiger partial charge in [0.1, 0.15) is 11.7 Å². The van der Waals surface area contributed by atoms with Crippen molar-refractivity contribution in [2.24, 2.45) is 5.92 Å². The van der Waals surface area contributed by atoms with E-state index in [4.69, 9.17) is 13.3 Å². The van der Waals surface area contributed by atoms with Crippen LogP contribution in [0.5, 0.6) is 0 Å². The van der Waals surface area contributed by atoms with Crippen LogP contribution in [0.3, 0.4) is 0 Å². The van der Waals surface area contributed by atoms with Crippen molar-refractivity contribution in [1.29, 1.82) is 0 Å². The lowest BCUT2D eigenvalue weighted by Crippen LogP contribution is -2.54. The summed E-state index contributed by atoms with van der Waals surface area (Å²) in [6.07, 6.45) is 0.447. The molecule has 0 saturated carbocycles. The van der Waals surface area contributed by atoms with E-state index in [1.54, 1.807) is 20.8 Å². The maximum atomic E-state index is 11.7. The van der Waals surface area contributed by atoms with E-state index in [2.05, 4.69) is 0 Å². The lowest BCUT2D eigenvalue weighted by Gasteiger charge is -2.36. The number of carbonyl (C=O) groups excluding carboxylic acids is 1.